The van der Waals surface area contributed by atoms with Gasteiger partial charge in [-0.2, -0.15) is 0 Å². The van der Waals surface area contributed by atoms with E-state index in [1.54, 1.807) is 0 Å². The summed E-state index contributed by atoms with van der Waals surface area (Å²) in [5.74, 6) is 0. The lowest BCUT2D eigenvalue weighted by Crippen LogP contribution is -1.98. The van der Waals surface area contributed by atoms with Crippen LogP contribution < -0.4 is 0 Å². The van der Waals surface area contributed by atoms with Gasteiger partial charge in [-0.05, 0) is 29.7 Å². The number of rotatable bonds is 3. The molecule has 4 nitrogen and oxygen atoms in total. The topological polar surface area (TPSA) is 39.3 Å². The number of nitrogens with zero attached hydrogens (tertiary/aromatic N) is 3. The third kappa shape index (κ3) is 2.01. The lowest BCUT2D eigenvalue weighted by molar-refractivity contribution is 0.112. The highest BCUT2D eigenvalue weighted by atomic mass is 16.1. The Balaban J connectivity index is 1.77. The number of aromatic nitrogens is 3. The smallest absolute Gasteiger partial charge is 0.150 e. The van der Waals surface area contributed by atoms with E-state index in [2.05, 4.69) is 15.6 Å². The molecule has 0 spiro atoms. The van der Waals surface area contributed by atoms with Crippen LogP contribution in [-0.2, 0) is 6.54 Å². The Morgan fingerprint density at radius 2 is 2.05 bits per heavy atom. The highest BCUT2D eigenvalue weighted by molar-refractivity contribution is 5.87. The van der Waals surface area contributed by atoms with Crippen molar-refractivity contribution < 1.29 is 4.79 Å². The molecule has 0 aliphatic carbocycles. The number of benzene rings is 1. The van der Waals surface area contributed by atoms with Crippen molar-refractivity contribution in [2.24, 2.45) is 0 Å². The lowest BCUT2D eigenvalue weighted by atomic mass is 10.2. The molecule has 3 heterocycles. The van der Waals surface area contributed by atoms with Gasteiger partial charge >= 0.3 is 0 Å². The SMILES string of the molecule is O=Cc1ccc2ccn(Cc3cn4ccccc4n3)c2c1. The van der Waals surface area contributed by atoms with Crippen molar-refractivity contribution in [3.05, 3.63) is 72.3 Å². The highest BCUT2D eigenvalue weighted by Gasteiger charge is 2.06. The first-order valence-corrected chi connectivity index (χ1v) is 6.80. The summed E-state index contributed by atoms with van der Waals surface area (Å²) in [5, 5.41) is 1.13. The van der Waals surface area contributed by atoms with Crippen molar-refractivity contribution in [2.45, 2.75) is 6.54 Å². The molecule has 3 aromatic heterocycles. The van der Waals surface area contributed by atoms with Gasteiger partial charge in [-0.25, -0.2) is 4.98 Å². The number of carbonyl (C=O) groups excluding carboxylic acids is 1. The first kappa shape index (κ1) is 11.9. The quantitative estimate of drug-likeness (QED) is 0.539. The van der Waals surface area contributed by atoms with Gasteiger partial charge in [0.15, 0.2) is 0 Å². The van der Waals surface area contributed by atoms with Crippen LogP contribution in [0.15, 0.2) is 61.1 Å². The van der Waals surface area contributed by atoms with Crippen LogP contribution >= 0.6 is 0 Å². The van der Waals surface area contributed by atoms with Crippen LogP contribution in [0.3, 0.4) is 0 Å². The molecule has 0 radical (unpaired) electrons. The summed E-state index contributed by atoms with van der Waals surface area (Å²) in [6.07, 6.45) is 6.93. The van der Waals surface area contributed by atoms with Crippen LogP contribution in [0.2, 0.25) is 0 Å². The lowest BCUT2D eigenvalue weighted by Gasteiger charge is -2.03. The Morgan fingerprint density at radius 3 is 2.90 bits per heavy atom. The number of pyridine rings is 1. The normalized spacial score (nSPS) is 11.2. The predicted octanol–water partition coefficient (Wildman–Crippen LogP) is 3.15. The number of hydrogen-bond donors (Lipinski definition) is 0. The molecular weight excluding hydrogens is 262 g/mol. The van der Waals surface area contributed by atoms with Crippen LogP contribution in [0.4, 0.5) is 0 Å². The van der Waals surface area contributed by atoms with Gasteiger partial charge < -0.3 is 8.97 Å². The third-order valence-electron chi connectivity index (χ3n) is 3.68. The summed E-state index contributed by atoms with van der Waals surface area (Å²) in [7, 11) is 0. The minimum Gasteiger partial charge on any atom is -0.341 e. The Morgan fingerprint density at radius 1 is 1.10 bits per heavy atom. The monoisotopic (exact) mass is 275 g/mol. The van der Waals surface area contributed by atoms with Crippen LogP contribution in [0.25, 0.3) is 16.6 Å². The molecule has 102 valence electrons. The molecule has 1 aromatic carbocycles. The molecule has 0 N–H and O–H groups in total. The van der Waals surface area contributed by atoms with Gasteiger partial charge in [0.1, 0.15) is 11.9 Å². The summed E-state index contributed by atoms with van der Waals surface area (Å²) in [6.45, 7) is 0.688. The zero-order valence-corrected chi connectivity index (χ0v) is 11.3. The van der Waals surface area contributed by atoms with E-state index in [9.17, 15) is 4.79 Å². The molecule has 0 saturated carbocycles. The number of hydrogen-bond acceptors (Lipinski definition) is 2. The van der Waals surface area contributed by atoms with Gasteiger partial charge in [0.2, 0.25) is 0 Å². The molecule has 0 fully saturated rings. The summed E-state index contributed by atoms with van der Waals surface area (Å²) >= 11 is 0. The van der Waals surface area contributed by atoms with Gasteiger partial charge in [-0.3, -0.25) is 4.79 Å². The van der Waals surface area contributed by atoms with Crippen molar-refractivity contribution in [1.82, 2.24) is 14.0 Å². The molecule has 4 aromatic rings. The summed E-state index contributed by atoms with van der Waals surface area (Å²) < 4.78 is 4.13. The molecule has 0 aliphatic heterocycles. The van der Waals surface area contributed by atoms with Gasteiger partial charge in [-0.15, -0.1) is 0 Å². The minimum absolute atomic E-state index is 0.688. The molecular formula is C17H13N3O. The average molecular weight is 275 g/mol. The highest BCUT2D eigenvalue weighted by Crippen LogP contribution is 2.18. The van der Waals surface area contributed by atoms with Crippen LogP contribution in [0.1, 0.15) is 16.1 Å². The van der Waals surface area contributed by atoms with E-state index in [1.807, 2.05) is 59.4 Å². The van der Waals surface area contributed by atoms with E-state index < -0.39 is 0 Å². The Hall–Kier alpha value is -2.88. The van der Waals surface area contributed by atoms with Crippen LogP contribution in [-0.4, -0.2) is 20.2 Å². The second-order valence-electron chi connectivity index (χ2n) is 5.08. The average Bonchev–Trinajstić information content (AvgIpc) is 3.10. The number of fused-ring (bicyclic) bond motifs is 2. The molecule has 21 heavy (non-hydrogen) atoms. The number of aldehydes is 1. The zero-order valence-electron chi connectivity index (χ0n) is 11.3. The van der Waals surface area contributed by atoms with E-state index in [-0.39, 0.29) is 0 Å². The number of carbonyl (C=O) groups is 1. The predicted molar refractivity (Wildman–Crippen MR) is 81.6 cm³/mol. The largest absolute Gasteiger partial charge is 0.341 e. The number of imidazole rings is 1. The molecule has 0 bridgehead atoms. The third-order valence-corrected chi connectivity index (χ3v) is 3.68. The van der Waals surface area contributed by atoms with Crippen molar-refractivity contribution >= 4 is 22.8 Å². The summed E-state index contributed by atoms with van der Waals surface area (Å²) in [6, 6.07) is 13.7. The maximum absolute atomic E-state index is 10.9. The van der Waals surface area contributed by atoms with Crippen LogP contribution in [0, 0.1) is 0 Å². The van der Waals surface area contributed by atoms with Crippen molar-refractivity contribution in [1.29, 1.82) is 0 Å². The first-order valence-electron chi connectivity index (χ1n) is 6.80. The molecule has 0 saturated heterocycles. The first-order chi connectivity index (χ1) is 10.3. The fourth-order valence-electron chi connectivity index (χ4n) is 2.65. The van der Waals surface area contributed by atoms with E-state index in [0.717, 1.165) is 28.5 Å². The molecule has 0 atom stereocenters. The van der Waals surface area contributed by atoms with Crippen molar-refractivity contribution in [3.8, 4) is 0 Å². The molecule has 4 rings (SSSR count). The van der Waals surface area contributed by atoms with E-state index in [1.165, 1.54) is 0 Å². The summed E-state index contributed by atoms with van der Waals surface area (Å²) in [4.78, 5) is 15.5. The van der Waals surface area contributed by atoms with Crippen LogP contribution in [0.5, 0.6) is 0 Å². The van der Waals surface area contributed by atoms with E-state index in [0.29, 0.717) is 12.1 Å². The van der Waals surface area contributed by atoms with Gasteiger partial charge in [0.05, 0.1) is 12.2 Å². The van der Waals surface area contributed by atoms with Crippen molar-refractivity contribution in [3.63, 3.8) is 0 Å². The Bertz CT molecular complexity index is 916. The van der Waals surface area contributed by atoms with Gasteiger partial charge in [0, 0.05) is 29.7 Å². The Kier molecular flexibility index (Phi) is 2.60. The minimum atomic E-state index is 0.688. The van der Waals surface area contributed by atoms with E-state index >= 15 is 0 Å². The van der Waals surface area contributed by atoms with E-state index in [4.69, 9.17) is 0 Å². The Labute approximate surface area is 121 Å². The summed E-state index contributed by atoms with van der Waals surface area (Å²) in [5.41, 5.74) is 3.68. The fourth-order valence-corrected chi connectivity index (χ4v) is 2.65. The van der Waals surface area contributed by atoms with Gasteiger partial charge in [-0.1, -0.05) is 18.2 Å². The standard InChI is InChI=1S/C17H13N3O/c21-12-13-4-5-14-6-8-19(16(14)9-13)10-15-11-20-7-2-1-3-17(20)18-15/h1-9,11-12H,10H2. The fraction of sp³-hybridized carbons (Fsp3) is 0.0588. The maximum Gasteiger partial charge on any atom is 0.150 e. The van der Waals surface area contributed by atoms with Crippen molar-refractivity contribution in [2.75, 3.05) is 0 Å². The maximum atomic E-state index is 10.9. The molecule has 4 heteroatoms. The zero-order chi connectivity index (χ0) is 14.2. The molecule has 0 aliphatic rings. The second kappa shape index (κ2) is 4.59. The molecule has 0 unspecified atom stereocenters. The van der Waals surface area contributed by atoms with Gasteiger partial charge in [0.25, 0.3) is 0 Å². The second-order valence-corrected chi connectivity index (χ2v) is 5.08. The molecule has 0 amide bonds.